The zero-order valence-electron chi connectivity index (χ0n) is 14.7. The van der Waals surface area contributed by atoms with Crippen LogP contribution in [0, 0.1) is 0 Å². The van der Waals surface area contributed by atoms with Crippen LogP contribution in [0.15, 0.2) is 60.8 Å². The fraction of sp³-hybridized carbons (Fsp3) is 0.238. The Hall–Kier alpha value is -3.08. The lowest BCUT2D eigenvalue weighted by molar-refractivity contribution is 0.0951. The summed E-state index contributed by atoms with van der Waals surface area (Å²) in [7, 11) is 1.63. The molecule has 132 valence electrons. The predicted molar refractivity (Wildman–Crippen MR) is 100 cm³/mol. The van der Waals surface area contributed by atoms with E-state index in [1.165, 1.54) is 0 Å². The summed E-state index contributed by atoms with van der Waals surface area (Å²) >= 11 is 0. The Kier molecular flexibility index (Phi) is 4.44. The van der Waals surface area contributed by atoms with Crippen LogP contribution in [0.3, 0.4) is 0 Å². The van der Waals surface area contributed by atoms with Crippen LogP contribution in [-0.4, -0.2) is 28.8 Å². The van der Waals surface area contributed by atoms with Gasteiger partial charge in [-0.2, -0.15) is 5.10 Å². The van der Waals surface area contributed by atoms with E-state index in [1.54, 1.807) is 7.11 Å². The van der Waals surface area contributed by atoms with Gasteiger partial charge in [0, 0.05) is 17.8 Å². The maximum atomic E-state index is 12.7. The molecule has 4 rings (SSSR count). The number of carbonyl (C=O) groups is 1. The Balaban J connectivity index is 1.73. The standard InChI is InChI=1S/C21H21N3O2/c1-26-19-10-6-5-9-17(19)20-18(21(25)22-16-11-12-16)14-24(23-20)13-15-7-3-2-4-8-15/h2-10,14,16H,11-13H2,1H3,(H,22,25). The molecule has 5 heteroatoms. The molecule has 1 amide bonds. The molecule has 0 spiro atoms. The van der Waals surface area contributed by atoms with Gasteiger partial charge in [0.05, 0.1) is 19.2 Å². The van der Waals surface area contributed by atoms with Crippen LogP contribution in [0.25, 0.3) is 11.3 Å². The molecule has 0 unspecified atom stereocenters. The van der Waals surface area contributed by atoms with Crippen molar-refractivity contribution >= 4 is 5.91 Å². The molecule has 0 atom stereocenters. The van der Waals surface area contributed by atoms with Gasteiger partial charge in [-0.1, -0.05) is 42.5 Å². The zero-order chi connectivity index (χ0) is 17.9. The number of carbonyl (C=O) groups excluding carboxylic acids is 1. The highest BCUT2D eigenvalue weighted by Crippen LogP contribution is 2.31. The Bertz CT molecular complexity index is 914. The first kappa shape index (κ1) is 16.4. The Labute approximate surface area is 152 Å². The fourth-order valence-electron chi connectivity index (χ4n) is 2.97. The van der Waals surface area contributed by atoms with E-state index in [9.17, 15) is 4.79 Å². The number of amides is 1. The van der Waals surface area contributed by atoms with Crippen LogP contribution in [-0.2, 0) is 6.54 Å². The summed E-state index contributed by atoms with van der Waals surface area (Å²) in [6.07, 6.45) is 3.92. The minimum absolute atomic E-state index is 0.0762. The molecule has 3 aromatic rings. The Morgan fingerprint density at radius 1 is 1.15 bits per heavy atom. The normalized spacial score (nSPS) is 13.4. The average Bonchev–Trinajstić information content (AvgIpc) is 3.39. The number of hydrogen-bond donors (Lipinski definition) is 1. The number of methoxy groups -OCH3 is 1. The van der Waals surface area contributed by atoms with Gasteiger partial charge in [0.15, 0.2) is 0 Å². The molecule has 1 aliphatic rings. The minimum Gasteiger partial charge on any atom is -0.496 e. The quantitative estimate of drug-likeness (QED) is 0.742. The summed E-state index contributed by atoms with van der Waals surface area (Å²) in [5, 5.41) is 7.77. The number of nitrogens with one attached hydrogen (secondary N) is 1. The van der Waals surface area contributed by atoms with Crippen molar-refractivity contribution in [1.82, 2.24) is 15.1 Å². The van der Waals surface area contributed by atoms with Crippen LogP contribution in [0.2, 0.25) is 0 Å². The molecular weight excluding hydrogens is 326 g/mol. The molecule has 1 aliphatic carbocycles. The molecule has 1 aromatic heterocycles. The second-order valence-corrected chi connectivity index (χ2v) is 6.52. The van der Waals surface area contributed by atoms with Crippen molar-refractivity contribution in [2.24, 2.45) is 0 Å². The van der Waals surface area contributed by atoms with Crippen molar-refractivity contribution in [2.75, 3.05) is 7.11 Å². The van der Waals surface area contributed by atoms with Crippen LogP contribution < -0.4 is 10.1 Å². The molecule has 0 saturated heterocycles. The summed E-state index contributed by atoms with van der Waals surface area (Å²) in [5.41, 5.74) is 3.19. The number of aromatic nitrogens is 2. The lowest BCUT2D eigenvalue weighted by Gasteiger charge is -2.08. The number of ether oxygens (including phenoxy) is 1. The second-order valence-electron chi connectivity index (χ2n) is 6.52. The lowest BCUT2D eigenvalue weighted by atomic mass is 10.1. The summed E-state index contributed by atoms with van der Waals surface area (Å²) < 4.78 is 7.29. The van der Waals surface area contributed by atoms with Crippen LogP contribution in [0.4, 0.5) is 0 Å². The SMILES string of the molecule is COc1ccccc1-c1nn(Cc2ccccc2)cc1C(=O)NC1CC1. The van der Waals surface area contributed by atoms with Gasteiger partial charge >= 0.3 is 0 Å². The Morgan fingerprint density at radius 3 is 2.62 bits per heavy atom. The molecule has 1 fully saturated rings. The highest BCUT2D eigenvalue weighted by Gasteiger charge is 2.27. The summed E-state index contributed by atoms with van der Waals surface area (Å²) in [4.78, 5) is 12.7. The van der Waals surface area contributed by atoms with Gasteiger partial charge < -0.3 is 10.1 Å². The van der Waals surface area contributed by atoms with Crippen LogP contribution in [0.1, 0.15) is 28.8 Å². The third-order valence-electron chi connectivity index (χ3n) is 4.47. The number of nitrogens with zero attached hydrogens (tertiary/aromatic N) is 2. The van der Waals surface area contributed by atoms with E-state index in [-0.39, 0.29) is 5.91 Å². The summed E-state index contributed by atoms with van der Waals surface area (Å²) in [6, 6.07) is 18.0. The monoisotopic (exact) mass is 347 g/mol. The minimum atomic E-state index is -0.0762. The first-order chi connectivity index (χ1) is 12.7. The smallest absolute Gasteiger partial charge is 0.255 e. The average molecular weight is 347 g/mol. The molecule has 1 saturated carbocycles. The van der Waals surface area contributed by atoms with Gasteiger partial charge in [0.2, 0.25) is 0 Å². The first-order valence-corrected chi connectivity index (χ1v) is 8.80. The Morgan fingerprint density at radius 2 is 1.88 bits per heavy atom. The van der Waals surface area contributed by atoms with Crippen molar-refractivity contribution in [3.63, 3.8) is 0 Å². The van der Waals surface area contributed by atoms with E-state index in [0.717, 1.165) is 24.0 Å². The molecule has 0 radical (unpaired) electrons. The molecule has 5 nitrogen and oxygen atoms in total. The van der Waals surface area contributed by atoms with Crippen molar-refractivity contribution in [3.8, 4) is 17.0 Å². The lowest BCUT2D eigenvalue weighted by Crippen LogP contribution is -2.25. The van der Waals surface area contributed by atoms with Gasteiger partial charge in [-0.15, -0.1) is 0 Å². The highest BCUT2D eigenvalue weighted by atomic mass is 16.5. The summed E-state index contributed by atoms with van der Waals surface area (Å²) in [6.45, 7) is 0.611. The number of para-hydroxylation sites is 1. The van der Waals surface area contributed by atoms with Crippen molar-refractivity contribution < 1.29 is 9.53 Å². The zero-order valence-corrected chi connectivity index (χ0v) is 14.7. The van der Waals surface area contributed by atoms with Crippen molar-refractivity contribution in [2.45, 2.75) is 25.4 Å². The van der Waals surface area contributed by atoms with Crippen molar-refractivity contribution in [1.29, 1.82) is 0 Å². The summed E-state index contributed by atoms with van der Waals surface area (Å²) in [5.74, 6) is 0.630. The predicted octanol–water partition coefficient (Wildman–Crippen LogP) is 3.50. The number of hydrogen-bond acceptors (Lipinski definition) is 3. The molecule has 0 aliphatic heterocycles. The van der Waals surface area contributed by atoms with Gasteiger partial charge in [-0.05, 0) is 30.5 Å². The van der Waals surface area contributed by atoms with Gasteiger partial charge in [0.25, 0.3) is 5.91 Å². The molecule has 0 bridgehead atoms. The number of rotatable bonds is 6. The number of benzene rings is 2. The molecule has 1 N–H and O–H groups in total. The highest BCUT2D eigenvalue weighted by molar-refractivity contribution is 6.00. The first-order valence-electron chi connectivity index (χ1n) is 8.80. The largest absolute Gasteiger partial charge is 0.496 e. The van der Waals surface area contributed by atoms with E-state index in [4.69, 9.17) is 9.84 Å². The maximum Gasteiger partial charge on any atom is 0.255 e. The topological polar surface area (TPSA) is 56.2 Å². The maximum absolute atomic E-state index is 12.7. The van der Waals surface area contributed by atoms with Gasteiger partial charge in [0.1, 0.15) is 11.4 Å². The molecule has 2 aromatic carbocycles. The second kappa shape index (κ2) is 7.04. The van der Waals surface area contributed by atoms with E-state index >= 15 is 0 Å². The van der Waals surface area contributed by atoms with E-state index in [0.29, 0.717) is 29.6 Å². The van der Waals surface area contributed by atoms with Crippen molar-refractivity contribution in [3.05, 3.63) is 71.9 Å². The molecular formula is C21H21N3O2. The molecule has 1 heterocycles. The van der Waals surface area contributed by atoms with Crippen LogP contribution in [0.5, 0.6) is 5.75 Å². The van der Waals surface area contributed by atoms with E-state index in [1.807, 2.05) is 65.5 Å². The fourth-order valence-corrected chi connectivity index (χ4v) is 2.97. The third kappa shape index (κ3) is 3.47. The molecule has 26 heavy (non-hydrogen) atoms. The van der Waals surface area contributed by atoms with E-state index < -0.39 is 0 Å². The third-order valence-corrected chi connectivity index (χ3v) is 4.47. The van der Waals surface area contributed by atoms with Gasteiger partial charge in [-0.25, -0.2) is 0 Å². The van der Waals surface area contributed by atoms with Crippen LogP contribution >= 0.6 is 0 Å². The van der Waals surface area contributed by atoms with E-state index in [2.05, 4.69) is 5.32 Å². The van der Waals surface area contributed by atoms with Gasteiger partial charge in [-0.3, -0.25) is 9.48 Å².